The molecule has 5 nitrogen and oxygen atoms in total. The first-order chi connectivity index (χ1) is 13.0. The first-order valence-electron chi connectivity index (χ1n) is 8.45. The van der Waals surface area contributed by atoms with Crippen molar-refractivity contribution < 1.29 is 13.2 Å². The zero-order valence-corrected chi connectivity index (χ0v) is 15.6. The molecule has 138 valence electrons. The smallest absolute Gasteiger partial charge is 0.240 e. The van der Waals surface area contributed by atoms with Crippen molar-refractivity contribution in [3.63, 3.8) is 0 Å². The SMILES string of the molecule is CNS(=O)(=O)c1ccc(NC(=O)C(c2ccccc2)c2ccccc2)cc1. The van der Waals surface area contributed by atoms with Gasteiger partial charge in [-0.15, -0.1) is 0 Å². The van der Waals surface area contributed by atoms with Crippen LogP contribution in [-0.2, 0) is 14.8 Å². The molecule has 0 aliphatic carbocycles. The first-order valence-corrected chi connectivity index (χ1v) is 9.94. The summed E-state index contributed by atoms with van der Waals surface area (Å²) in [4.78, 5) is 13.2. The highest BCUT2D eigenvalue weighted by molar-refractivity contribution is 7.89. The van der Waals surface area contributed by atoms with Gasteiger partial charge in [0.05, 0.1) is 10.8 Å². The van der Waals surface area contributed by atoms with Crippen LogP contribution in [0.4, 0.5) is 5.69 Å². The third-order valence-corrected chi connectivity index (χ3v) is 5.66. The second-order valence-electron chi connectivity index (χ2n) is 5.98. The molecule has 3 aromatic rings. The van der Waals surface area contributed by atoms with Crippen molar-refractivity contribution in [3.8, 4) is 0 Å². The Kier molecular flexibility index (Phi) is 5.69. The molecule has 0 aliphatic heterocycles. The monoisotopic (exact) mass is 380 g/mol. The summed E-state index contributed by atoms with van der Waals surface area (Å²) >= 11 is 0. The maximum Gasteiger partial charge on any atom is 0.240 e. The number of carbonyl (C=O) groups excluding carboxylic acids is 1. The summed E-state index contributed by atoms with van der Waals surface area (Å²) in [5.41, 5.74) is 2.30. The number of hydrogen-bond donors (Lipinski definition) is 2. The summed E-state index contributed by atoms with van der Waals surface area (Å²) in [5.74, 6) is -0.648. The maximum atomic E-state index is 13.0. The van der Waals surface area contributed by atoms with Gasteiger partial charge in [0.25, 0.3) is 0 Å². The Morgan fingerprint density at radius 2 is 1.26 bits per heavy atom. The quantitative estimate of drug-likeness (QED) is 0.688. The zero-order chi connectivity index (χ0) is 19.3. The van der Waals surface area contributed by atoms with Crippen LogP contribution in [-0.4, -0.2) is 21.4 Å². The molecule has 27 heavy (non-hydrogen) atoms. The molecule has 3 aromatic carbocycles. The number of rotatable bonds is 6. The molecule has 0 aromatic heterocycles. The van der Waals surface area contributed by atoms with Crippen LogP contribution in [0.15, 0.2) is 89.8 Å². The fourth-order valence-corrected chi connectivity index (χ4v) is 3.57. The van der Waals surface area contributed by atoms with E-state index < -0.39 is 15.9 Å². The lowest BCUT2D eigenvalue weighted by atomic mass is 9.90. The van der Waals surface area contributed by atoms with E-state index in [2.05, 4.69) is 10.0 Å². The van der Waals surface area contributed by atoms with Gasteiger partial charge in [-0.25, -0.2) is 13.1 Å². The second kappa shape index (κ2) is 8.16. The van der Waals surface area contributed by atoms with E-state index in [9.17, 15) is 13.2 Å². The molecule has 0 fully saturated rings. The Morgan fingerprint density at radius 3 is 1.70 bits per heavy atom. The fraction of sp³-hybridized carbons (Fsp3) is 0.0952. The number of carbonyl (C=O) groups is 1. The van der Waals surface area contributed by atoms with Gasteiger partial charge in [0.1, 0.15) is 0 Å². The molecule has 0 saturated heterocycles. The Morgan fingerprint density at radius 1 is 0.778 bits per heavy atom. The average Bonchev–Trinajstić information content (AvgIpc) is 2.70. The number of anilines is 1. The number of nitrogens with one attached hydrogen (secondary N) is 2. The van der Waals surface area contributed by atoms with Crippen molar-refractivity contribution in [1.29, 1.82) is 0 Å². The molecule has 0 saturated carbocycles. The van der Waals surface area contributed by atoms with Gasteiger partial charge in [-0.2, -0.15) is 0 Å². The molecule has 0 spiro atoms. The van der Waals surface area contributed by atoms with Crippen LogP contribution in [0.5, 0.6) is 0 Å². The molecule has 0 unspecified atom stereocenters. The van der Waals surface area contributed by atoms with Crippen LogP contribution < -0.4 is 10.0 Å². The first kappa shape index (κ1) is 18.8. The third kappa shape index (κ3) is 4.42. The summed E-state index contributed by atoms with van der Waals surface area (Å²) in [6, 6.07) is 25.2. The average molecular weight is 380 g/mol. The van der Waals surface area contributed by atoms with E-state index in [1.54, 1.807) is 12.1 Å². The minimum Gasteiger partial charge on any atom is -0.325 e. The molecule has 6 heteroatoms. The fourth-order valence-electron chi connectivity index (χ4n) is 2.84. The van der Waals surface area contributed by atoms with Crippen molar-refractivity contribution in [2.75, 3.05) is 12.4 Å². The summed E-state index contributed by atoms with van der Waals surface area (Å²) in [7, 11) is -2.15. The van der Waals surface area contributed by atoms with Crippen molar-refractivity contribution in [2.45, 2.75) is 10.8 Å². The number of hydrogen-bond acceptors (Lipinski definition) is 3. The predicted molar refractivity (Wildman–Crippen MR) is 106 cm³/mol. The van der Waals surface area contributed by atoms with Crippen molar-refractivity contribution >= 4 is 21.6 Å². The predicted octanol–water partition coefficient (Wildman–Crippen LogP) is 3.37. The summed E-state index contributed by atoms with van der Waals surface area (Å²) in [5, 5.41) is 2.88. The van der Waals surface area contributed by atoms with Gasteiger partial charge in [-0.1, -0.05) is 60.7 Å². The minimum absolute atomic E-state index is 0.144. The molecule has 3 rings (SSSR count). The van der Waals surface area contributed by atoms with E-state index in [1.165, 1.54) is 19.2 Å². The normalized spacial score (nSPS) is 11.3. The van der Waals surface area contributed by atoms with Gasteiger partial charge in [-0.3, -0.25) is 4.79 Å². The molecule has 1 amide bonds. The molecule has 0 aliphatic rings. The largest absolute Gasteiger partial charge is 0.325 e. The van der Waals surface area contributed by atoms with E-state index in [1.807, 2.05) is 60.7 Å². The van der Waals surface area contributed by atoms with E-state index in [0.717, 1.165) is 11.1 Å². The van der Waals surface area contributed by atoms with Crippen LogP contribution in [0.3, 0.4) is 0 Å². The maximum absolute atomic E-state index is 13.0. The van der Waals surface area contributed by atoms with E-state index in [-0.39, 0.29) is 10.8 Å². The number of benzene rings is 3. The molecule has 0 bridgehead atoms. The van der Waals surface area contributed by atoms with Crippen molar-refractivity contribution in [1.82, 2.24) is 4.72 Å². The van der Waals surface area contributed by atoms with E-state index in [0.29, 0.717) is 5.69 Å². The van der Waals surface area contributed by atoms with Crippen LogP contribution in [0.2, 0.25) is 0 Å². The highest BCUT2D eigenvalue weighted by Gasteiger charge is 2.22. The zero-order valence-electron chi connectivity index (χ0n) is 14.8. The highest BCUT2D eigenvalue weighted by atomic mass is 32.2. The van der Waals surface area contributed by atoms with Crippen LogP contribution in [0, 0.1) is 0 Å². The van der Waals surface area contributed by atoms with Gasteiger partial charge in [0.2, 0.25) is 15.9 Å². The summed E-state index contributed by atoms with van der Waals surface area (Å²) < 4.78 is 25.9. The van der Waals surface area contributed by atoms with Gasteiger partial charge in [-0.05, 0) is 42.4 Å². The molecule has 0 atom stereocenters. The topological polar surface area (TPSA) is 75.3 Å². The third-order valence-electron chi connectivity index (χ3n) is 4.23. The second-order valence-corrected chi connectivity index (χ2v) is 7.86. The van der Waals surface area contributed by atoms with Gasteiger partial charge in [0.15, 0.2) is 0 Å². The van der Waals surface area contributed by atoms with Crippen molar-refractivity contribution in [2.24, 2.45) is 0 Å². The van der Waals surface area contributed by atoms with Gasteiger partial charge >= 0.3 is 0 Å². The molecule has 0 radical (unpaired) electrons. The minimum atomic E-state index is -3.51. The van der Waals surface area contributed by atoms with Crippen LogP contribution >= 0.6 is 0 Å². The molecule has 0 heterocycles. The Balaban J connectivity index is 1.87. The standard InChI is InChI=1S/C21H20N2O3S/c1-22-27(25,26)19-14-12-18(13-15-19)23-21(24)20(16-8-4-2-5-9-16)17-10-6-3-7-11-17/h2-15,20,22H,1H3,(H,23,24). The Bertz CT molecular complexity index is 963. The Labute approximate surface area is 159 Å². The van der Waals surface area contributed by atoms with Gasteiger partial charge in [0, 0.05) is 5.69 Å². The molecule has 2 N–H and O–H groups in total. The number of sulfonamides is 1. The van der Waals surface area contributed by atoms with Crippen LogP contribution in [0.1, 0.15) is 17.0 Å². The van der Waals surface area contributed by atoms with Crippen LogP contribution in [0.25, 0.3) is 0 Å². The Hall–Kier alpha value is -2.96. The van der Waals surface area contributed by atoms with Gasteiger partial charge < -0.3 is 5.32 Å². The number of amides is 1. The lowest BCUT2D eigenvalue weighted by Gasteiger charge is -2.18. The molecular formula is C21H20N2O3S. The lowest BCUT2D eigenvalue weighted by molar-refractivity contribution is -0.116. The molecular weight excluding hydrogens is 360 g/mol. The summed E-state index contributed by atoms with van der Waals surface area (Å²) in [6.07, 6.45) is 0. The van der Waals surface area contributed by atoms with E-state index >= 15 is 0 Å². The lowest BCUT2D eigenvalue weighted by Crippen LogP contribution is -2.22. The van der Waals surface area contributed by atoms with E-state index in [4.69, 9.17) is 0 Å². The summed E-state index contributed by atoms with van der Waals surface area (Å²) in [6.45, 7) is 0. The highest BCUT2D eigenvalue weighted by Crippen LogP contribution is 2.26. The van der Waals surface area contributed by atoms with Crippen molar-refractivity contribution in [3.05, 3.63) is 96.1 Å².